The van der Waals surface area contributed by atoms with E-state index in [0.717, 1.165) is 18.4 Å². The van der Waals surface area contributed by atoms with Crippen molar-refractivity contribution in [1.29, 1.82) is 0 Å². The lowest BCUT2D eigenvalue weighted by Crippen LogP contribution is -2.60. The standard InChI is InChI=1S/C36H44ClFN6O6/c1-5-8-26(29(45)32(47)40-25-13-14-25)41-31(46)28-18-36(17-27(43-50-36)22-10-7-11-23(37)16-22)20-44(28)33(48)30(35(2,3)4)42-34(49)39-19-21-9-6-12-24(38)15-21/h6-7,9-12,15-16,25-26,28,30H,5,8,13-14,17-20H2,1-4H3,(H,40,47)(H,41,46)(H2,39,42,49)/t26-,28-,30+,36+/m0/s1. The Morgan fingerprint density at radius 1 is 1.08 bits per heavy atom. The van der Waals surface area contributed by atoms with Gasteiger partial charge in [-0.15, -0.1) is 0 Å². The summed E-state index contributed by atoms with van der Waals surface area (Å²) in [6.07, 6.45) is 2.66. The zero-order valence-corrected chi connectivity index (χ0v) is 29.4. The average Bonchev–Trinajstić information content (AvgIpc) is 3.66. The number of halogens is 2. The van der Waals surface area contributed by atoms with Gasteiger partial charge in [-0.05, 0) is 54.5 Å². The van der Waals surface area contributed by atoms with Crippen LogP contribution in [0.25, 0.3) is 0 Å². The normalized spacial score (nSPS) is 21.1. The van der Waals surface area contributed by atoms with Gasteiger partial charge < -0.3 is 31.0 Å². The van der Waals surface area contributed by atoms with Crippen molar-refractivity contribution in [2.75, 3.05) is 6.54 Å². The predicted molar refractivity (Wildman–Crippen MR) is 185 cm³/mol. The molecule has 14 heteroatoms. The zero-order valence-electron chi connectivity index (χ0n) is 28.7. The lowest BCUT2D eigenvalue weighted by Gasteiger charge is -2.35. The molecule has 0 aromatic heterocycles. The van der Waals surface area contributed by atoms with Crippen molar-refractivity contribution in [2.45, 2.75) is 103 Å². The number of urea groups is 1. The number of carbonyl (C=O) groups is 5. The summed E-state index contributed by atoms with van der Waals surface area (Å²) in [6, 6.07) is 8.91. The molecule has 0 unspecified atom stereocenters. The summed E-state index contributed by atoms with van der Waals surface area (Å²) in [4.78, 5) is 74.9. The monoisotopic (exact) mass is 710 g/mol. The molecule has 2 fully saturated rings. The van der Waals surface area contributed by atoms with Crippen molar-refractivity contribution in [2.24, 2.45) is 10.6 Å². The first-order chi connectivity index (χ1) is 23.7. The van der Waals surface area contributed by atoms with Gasteiger partial charge in [0.2, 0.25) is 17.6 Å². The summed E-state index contributed by atoms with van der Waals surface area (Å²) < 4.78 is 13.7. The lowest BCUT2D eigenvalue weighted by molar-refractivity contribution is -0.144. The van der Waals surface area contributed by atoms with Gasteiger partial charge in [0.25, 0.3) is 5.91 Å². The largest absolute Gasteiger partial charge is 0.387 e. The van der Waals surface area contributed by atoms with Gasteiger partial charge in [-0.2, -0.15) is 0 Å². The summed E-state index contributed by atoms with van der Waals surface area (Å²) in [6.45, 7) is 7.17. The number of carbonyl (C=O) groups excluding carboxylic acids is 5. The van der Waals surface area contributed by atoms with Gasteiger partial charge in [0.05, 0.1) is 18.3 Å². The molecule has 4 atom stereocenters. The number of oxime groups is 1. The second-order valence-corrected chi connectivity index (χ2v) is 14.8. The Kier molecular flexibility index (Phi) is 11.1. The molecular formula is C36H44ClFN6O6. The van der Waals surface area contributed by atoms with E-state index in [9.17, 15) is 28.4 Å². The summed E-state index contributed by atoms with van der Waals surface area (Å²) in [5, 5.41) is 15.7. The number of hydrogen-bond donors (Lipinski definition) is 4. The van der Waals surface area contributed by atoms with Crippen LogP contribution in [-0.4, -0.2) is 76.5 Å². The molecule has 4 N–H and O–H groups in total. The number of Topliss-reactive ketones (excluding diaryl/α,β-unsaturated/α-hetero) is 1. The quantitative estimate of drug-likeness (QED) is 0.244. The Morgan fingerprint density at radius 3 is 2.48 bits per heavy atom. The number of ketones is 1. The fourth-order valence-electron chi connectivity index (χ4n) is 6.25. The highest BCUT2D eigenvalue weighted by Gasteiger charge is 2.55. The van der Waals surface area contributed by atoms with Crippen molar-refractivity contribution in [3.63, 3.8) is 0 Å². The second kappa shape index (κ2) is 15.2. The van der Waals surface area contributed by atoms with Crippen LogP contribution in [0.2, 0.25) is 5.02 Å². The van der Waals surface area contributed by atoms with Crippen LogP contribution < -0.4 is 21.3 Å². The number of benzene rings is 2. The first kappa shape index (κ1) is 36.8. The molecule has 5 amide bonds. The summed E-state index contributed by atoms with van der Waals surface area (Å²) in [5.41, 5.74) is -0.0261. The van der Waals surface area contributed by atoms with E-state index < -0.39 is 64.5 Å². The predicted octanol–water partition coefficient (Wildman–Crippen LogP) is 3.99. The Morgan fingerprint density at radius 2 is 1.82 bits per heavy atom. The number of nitrogens with zero attached hydrogens (tertiary/aromatic N) is 2. The number of hydrogen-bond acceptors (Lipinski definition) is 7. The molecule has 2 aromatic rings. The van der Waals surface area contributed by atoms with Crippen LogP contribution in [-0.2, 0) is 30.6 Å². The van der Waals surface area contributed by atoms with E-state index in [-0.39, 0.29) is 38.4 Å². The van der Waals surface area contributed by atoms with Gasteiger partial charge >= 0.3 is 6.03 Å². The Balaban J connectivity index is 1.38. The molecule has 1 aliphatic carbocycles. The van der Waals surface area contributed by atoms with Crippen LogP contribution in [0.3, 0.4) is 0 Å². The van der Waals surface area contributed by atoms with E-state index in [2.05, 4.69) is 26.4 Å². The first-order valence-electron chi connectivity index (χ1n) is 16.9. The molecule has 50 heavy (non-hydrogen) atoms. The molecule has 0 radical (unpaired) electrons. The smallest absolute Gasteiger partial charge is 0.315 e. The van der Waals surface area contributed by atoms with Gasteiger partial charge in [-0.25, -0.2) is 9.18 Å². The molecule has 5 rings (SSSR count). The topological polar surface area (TPSA) is 158 Å². The average molecular weight is 711 g/mol. The van der Waals surface area contributed by atoms with E-state index in [1.54, 1.807) is 45.0 Å². The number of rotatable bonds is 12. The highest BCUT2D eigenvalue weighted by molar-refractivity contribution is 6.38. The summed E-state index contributed by atoms with van der Waals surface area (Å²) in [5.74, 6) is -3.10. The maximum atomic E-state index is 14.5. The van der Waals surface area contributed by atoms with E-state index in [0.29, 0.717) is 22.7 Å². The molecule has 12 nitrogen and oxygen atoms in total. The summed E-state index contributed by atoms with van der Waals surface area (Å²) >= 11 is 6.23. The van der Waals surface area contributed by atoms with E-state index in [1.807, 2.05) is 13.0 Å². The molecule has 1 saturated heterocycles. The Labute approximate surface area is 295 Å². The molecule has 1 saturated carbocycles. The van der Waals surface area contributed by atoms with Crippen LogP contribution in [0.5, 0.6) is 0 Å². The minimum Gasteiger partial charge on any atom is -0.387 e. The number of likely N-dealkylation sites (tertiary alicyclic amines) is 1. The van der Waals surface area contributed by atoms with Crippen molar-refractivity contribution in [3.8, 4) is 0 Å². The SMILES string of the molecule is CCC[C@H](NC(=O)[C@@H]1C[C@]2(CC(c3cccc(Cl)c3)=NO2)CN1C(=O)[C@@H](NC(=O)NCc1cccc(F)c1)C(C)(C)C)C(=O)C(=O)NC1CC1. The van der Waals surface area contributed by atoms with Gasteiger partial charge in [0.15, 0.2) is 5.60 Å². The molecular weight excluding hydrogens is 667 g/mol. The maximum absolute atomic E-state index is 14.5. The first-order valence-corrected chi connectivity index (χ1v) is 17.3. The molecule has 268 valence electrons. The third kappa shape index (κ3) is 8.98. The minimum absolute atomic E-state index is 0.0190. The molecule has 2 aromatic carbocycles. The Hall–Kier alpha value is -4.52. The van der Waals surface area contributed by atoms with Gasteiger partial charge in [0, 0.05) is 36.0 Å². The fraction of sp³-hybridized carbons (Fsp3) is 0.500. The highest BCUT2D eigenvalue weighted by atomic mass is 35.5. The molecule has 1 spiro atoms. The third-order valence-corrected chi connectivity index (χ3v) is 9.30. The fourth-order valence-corrected chi connectivity index (χ4v) is 6.44. The summed E-state index contributed by atoms with van der Waals surface area (Å²) in [7, 11) is 0. The minimum atomic E-state index is -1.11. The van der Waals surface area contributed by atoms with Crippen LogP contribution in [0.1, 0.15) is 77.3 Å². The van der Waals surface area contributed by atoms with Gasteiger partial charge in [-0.1, -0.05) is 75.1 Å². The third-order valence-electron chi connectivity index (χ3n) is 9.06. The van der Waals surface area contributed by atoms with Crippen LogP contribution >= 0.6 is 11.6 Å². The van der Waals surface area contributed by atoms with Gasteiger partial charge in [-0.3, -0.25) is 19.2 Å². The van der Waals surface area contributed by atoms with E-state index in [4.69, 9.17) is 16.4 Å². The number of amides is 5. The van der Waals surface area contributed by atoms with Crippen LogP contribution in [0.4, 0.5) is 9.18 Å². The molecule has 2 aliphatic heterocycles. The number of nitrogens with one attached hydrogen (secondary N) is 4. The molecule has 0 bridgehead atoms. The van der Waals surface area contributed by atoms with Crippen molar-refractivity contribution in [1.82, 2.24) is 26.2 Å². The lowest BCUT2D eigenvalue weighted by atomic mass is 9.85. The van der Waals surface area contributed by atoms with Crippen molar-refractivity contribution >= 4 is 46.8 Å². The maximum Gasteiger partial charge on any atom is 0.315 e. The molecule has 2 heterocycles. The van der Waals surface area contributed by atoms with Crippen LogP contribution in [0.15, 0.2) is 53.7 Å². The Bertz CT molecular complexity index is 1680. The second-order valence-electron chi connectivity index (χ2n) is 14.4. The molecule has 3 aliphatic rings. The highest BCUT2D eigenvalue weighted by Crippen LogP contribution is 2.40. The van der Waals surface area contributed by atoms with Crippen molar-refractivity contribution in [3.05, 3.63) is 70.5 Å². The van der Waals surface area contributed by atoms with Crippen LogP contribution in [0, 0.1) is 11.2 Å². The van der Waals surface area contributed by atoms with E-state index >= 15 is 0 Å². The van der Waals surface area contributed by atoms with Crippen molar-refractivity contribution < 1.29 is 33.2 Å². The zero-order chi connectivity index (χ0) is 36.2. The van der Waals surface area contributed by atoms with E-state index in [1.165, 1.54) is 23.1 Å². The van der Waals surface area contributed by atoms with Gasteiger partial charge in [0.1, 0.15) is 17.9 Å².